The van der Waals surface area contributed by atoms with Crippen molar-refractivity contribution in [2.75, 3.05) is 0 Å². The summed E-state index contributed by atoms with van der Waals surface area (Å²) in [6, 6.07) is 12.9. The maximum Gasteiger partial charge on any atom is 0.206 e. The van der Waals surface area contributed by atoms with E-state index in [2.05, 4.69) is 10.1 Å². The third-order valence-electron chi connectivity index (χ3n) is 3.42. The molecule has 0 aliphatic heterocycles. The second kappa shape index (κ2) is 7.53. The van der Waals surface area contributed by atoms with Gasteiger partial charge in [0.05, 0.1) is 11.9 Å². The monoisotopic (exact) mass is 357 g/mol. The highest BCUT2D eigenvalue weighted by Gasteiger charge is 2.11. The SMILES string of the molecule is CC(C)N=c1scc(-c2ccccc2F)n1N=Cc1ccccc1F. The highest BCUT2D eigenvalue weighted by molar-refractivity contribution is 7.07. The Morgan fingerprint density at radius 3 is 2.36 bits per heavy atom. The number of rotatable bonds is 4. The second-order valence-corrected chi connectivity index (χ2v) is 6.52. The van der Waals surface area contributed by atoms with E-state index in [9.17, 15) is 8.78 Å². The van der Waals surface area contributed by atoms with Gasteiger partial charge in [-0.25, -0.2) is 13.5 Å². The lowest BCUT2D eigenvalue weighted by molar-refractivity contribution is 0.625. The van der Waals surface area contributed by atoms with E-state index in [0.717, 1.165) is 0 Å². The number of hydrogen-bond acceptors (Lipinski definition) is 3. The molecule has 0 spiro atoms. The van der Waals surface area contributed by atoms with Crippen LogP contribution in [0.5, 0.6) is 0 Å². The van der Waals surface area contributed by atoms with E-state index < -0.39 is 0 Å². The highest BCUT2D eigenvalue weighted by Crippen LogP contribution is 2.23. The molecule has 0 bridgehead atoms. The van der Waals surface area contributed by atoms with Crippen molar-refractivity contribution in [1.82, 2.24) is 4.68 Å². The number of halogens is 2. The molecule has 0 saturated heterocycles. The summed E-state index contributed by atoms with van der Waals surface area (Å²) in [5.74, 6) is -0.705. The van der Waals surface area contributed by atoms with Crippen LogP contribution in [0.4, 0.5) is 8.78 Å². The molecule has 0 saturated carbocycles. The summed E-state index contributed by atoms with van der Waals surface area (Å²) in [6.07, 6.45) is 1.42. The van der Waals surface area contributed by atoms with Gasteiger partial charge in [-0.1, -0.05) is 30.3 Å². The van der Waals surface area contributed by atoms with Crippen molar-refractivity contribution < 1.29 is 8.78 Å². The van der Waals surface area contributed by atoms with Crippen molar-refractivity contribution in [1.29, 1.82) is 0 Å². The third-order valence-corrected chi connectivity index (χ3v) is 4.25. The molecule has 2 aromatic carbocycles. The summed E-state index contributed by atoms with van der Waals surface area (Å²) >= 11 is 1.37. The van der Waals surface area contributed by atoms with Crippen LogP contribution < -0.4 is 4.80 Å². The van der Waals surface area contributed by atoms with Gasteiger partial charge in [0.25, 0.3) is 0 Å². The first kappa shape index (κ1) is 17.2. The van der Waals surface area contributed by atoms with E-state index in [1.165, 1.54) is 29.7 Å². The van der Waals surface area contributed by atoms with Gasteiger partial charge < -0.3 is 0 Å². The minimum absolute atomic E-state index is 0.0574. The Labute approximate surface area is 148 Å². The first-order valence-corrected chi connectivity index (χ1v) is 8.72. The van der Waals surface area contributed by atoms with Crippen molar-refractivity contribution in [3.63, 3.8) is 0 Å². The number of thiazole rings is 1. The molecule has 0 radical (unpaired) electrons. The van der Waals surface area contributed by atoms with Crippen LogP contribution in [-0.4, -0.2) is 16.9 Å². The topological polar surface area (TPSA) is 29.6 Å². The van der Waals surface area contributed by atoms with Crippen molar-refractivity contribution in [2.24, 2.45) is 10.1 Å². The van der Waals surface area contributed by atoms with Gasteiger partial charge in [-0.3, -0.25) is 4.99 Å². The lowest BCUT2D eigenvalue weighted by Gasteiger charge is -2.05. The zero-order valence-electron chi connectivity index (χ0n) is 13.9. The molecule has 0 amide bonds. The van der Waals surface area contributed by atoms with Gasteiger partial charge in [-0.15, -0.1) is 11.3 Å². The molecule has 0 aliphatic carbocycles. The first-order valence-electron chi connectivity index (χ1n) is 7.84. The molecular formula is C19H17F2N3S. The van der Waals surface area contributed by atoms with Gasteiger partial charge in [0.15, 0.2) is 0 Å². The van der Waals surface area contributed by atoms with Gasteiger partial charge in [0.1, 0.15) is 11.6 Å². The fourth-order valence-corrected chi connectivity index (χ4v) is 3.24. The highest BCUT2D eigenvalue weighted by atomic mass is 32.1. The van der Waals surface area contributed by atoms with Crippen molar-refractivity contribution >= 4 is 17.6 Å². The van der Waals surface area contributed by atoms with Crippen LogP contribution in [0.15, 0.2) is 64.0 Å². The summed E-state index contributed by atoms with van der Waals surface area (Å²) in [5.41, 5.74) is 1.36. The Morgan fingerprint density at radius 2 is 1.68 bits per heavy atom. The van der Waals surface area contributed by atoms with Gasteiger partial charge >= 0.3 is 0 Å². The van der Waals surface area contributed by atoms with E-state index in [-0.39, 0.29) is 17.7 Å². The van der Waals surface area contributed by atoms with Crippen LogP contribution in [0.1, 0.15) is 19.4 Å². The summed E-state index contributed by atoms with van der Waals surface area (Å²) in [5, 5.41) is 6.17. The predicted octanol–water partition coefficient (Wildman–Crippen LogP) is 4.69. The maximum atomic E-state index is 14.2. The van der Waals surface area contributed by atoms with Crippen molar-refractivity contribution in [3.05, 3.63) is 75.9 Å². The minimum Gasteiger partial charge on any atom is -0.255 e. The molecule has 0 unspecified atom stereocenters. The number of benzene rings is 2. The third kappa shape index (κ3) is 3.91. The molecule has 3 rings (SSSR count). The predicted molar refractivity (Wildman–Crippen MR) is 97.8 cm³/mol. The smallest absolute Gasteiger partial charge is 0.206 e. The van der Waals surface area contributed by atoms with Crippen LogP contribution in [-0.2, 0) is 0 Å². The summed E-state index contributed by atoms with van der Waals surface area (Å²) < 4.78 is 29.6. The molecule has 1 aromatic heterocycles. The van der Waals surface area contributed by atoms with Gasteiger partial charge in [-0.05, 0) is 32.0 Å². The van der Waals surface area contributed by atoms with Crippen LogP contribution >= 0.6 is 11.3 Å². The fraction of sp³-hybridized carbons (Fsp3) is 0.158. The maximum absolute atomic E-state index is 14.2. The summed E-state index contributed by atoms with van der Waals surface area (Å²) in [6.45, 7) is 3.90. The Kier molecular flexibility index (Phi) is 5.19. The molecular weight excluding hydrogens is 340 g/mol. The normalized spacial score (nSPS) is 12.4. The lowest BCUT2D eigenvalue weighted by atomic mass is 10.1. The standard InChI is InChI=1S/C19H17F2N3S/c1-13(2)23-19-24(22-11-14-7-3-5-9-16(14)20)18(12-25-19)15-8-4-6-10-17(15)21/h3-13H,1-2H3. The minimum atomic E-state index is -0.364. The van der Waals surface area contributed by atoms with E-state index >= 15 is 0 Å². The molecule has 3 aromatic rings. The Morgan fingerprint density at radius 1 is 1.00 bits per heavy atom. The second-order valence-electron chi connectivity index (χ2n) is 5.68. The van der Waals surface area contributed by atoms with Gasteiger partial charge in [0, 0.05) is 22.5 Å². The largest absolute Gasteiger partial charge is 0.255 e. The number of hydrogen-bond donors (Lipinski definition) is 0. The van der Waals surface area contributed by atoms with Crippen LogP contribution in [0.2, 0.25) is 0 Å². The van der Waals surface area contributed by atoms with E-state index in [1.54, 1.807) is 46.5 Å². The van der Waals surface area contributed by atoms with E-state index in [4.69, 9.17) is 0 Å². The van der Waals surface area contributed by atoms with E-state index in [1.807, 2.05) is 13.8 Å². The summed E-state index contributed by atoms with van der Waals surface area (Å²) in [7, 11) is 0. The van der Waals surface area contributed by atoms with Crippen molar-refractivity contribution in [3.8, 4) is 11.3 Å². The van der Waals surface area contributed by atoms with Crippen LogP contribution in [0.25, 0.3) is 11.3 Å². The summed E-state index contributed by atoms with van der Waals surface area (Å²) in [4.78, 5) is 5.15. The molecule has 0 N–H and O–H groups in total. The quantitative estimate of drug-likeness (QED) is 0.607. The fourth-order valence-electron chi connectivity index (χ4n) is 2.28. The van der Waals surface area contributed by atoms with Crippen LogP contribution in [0, 0.1) is 11.6 Å². The number of nitrogens with zero attached hydrogens (tertiary/aromatic N) is 3. The zero-order chi connectivity index (χ0) is 17.8. The Bertz CT molecular complexity index is 971. The first-order chi connectivity index (χ1) is 12.1. The Hall–Kier alpha value is -2.60. The lowest BCUT2D eigenvalue weighted by Crippen LogP contribution is -2.14. The molecule has 1 heterocycles. The molecule has 6 heteroatoms. The Balaban J connectivity index is 2.15. The van der Waals surface area contributed by atoms with Gasteiger partial charge in [-0.2, -0.15) is 5.10 Å². The molecule has 25 heavy (non-hydrogen) atoms. The number of aromatic nitrogens is 1. The molecule has 128 valence electrons. The average molecular weight is 357 g/mol. The molecule has 0 aliphatic rings. The van der Waals surface area contributed by atoms with Crippen molar-refractivity contribution in [2.45, 2.75) is 19.9 Å². The van der Waals surface area contributed by atoms with Gasteiger partial charge in [0.2, 0.25) is 4.80 Å². The van der Waals surface area contributed by atoms with Crippen LogP contribution in [0.3, 0.4) is 0 Å². The zero-order valence-corrected chi connectivity index (χ0v) is 14.7. The molecule has 0 fully saturated rings. The van der Waals surface area contributed by atoms with E-state index in [0.29, 0.717) is 21.6 Å². The average Bonchev–Trinajstić information content (AvgIpc) is 2.96. The molecule has 3 nitrogen and oxygen atoms in total. The molecule has 0 atom stereocenters.